The van der Waals surface area contributed by atoms with Gasteiger partial charge in [-0.1, -0.05) is 54.7 Å². The van der Waals surface area contributed by atoms with Crippen LogP contribution in [-0.4, -0.2) is 15.5 Å². The number of para-hydroxylation sites is 1. The Bertz CT molecular complexity index is 1000. The lowest BCUT2D eigenvalue weighted by Crippen LogP contribution is -2.19. The van der Waals surface area contributed by atoms with Gasteiger partial charge in [0.1, 0.15) is 0 Å². The molecule has 6 heteroatoms. The van der Waals surface area contributed by atoms with Crippen molar-refractivity contribution < 1.29 is 0 Å². The number of aryl methyl sites for hydroxylation is 1. The minimum atomic E-state index is -0.126. The smallest absolute Gasteiger partial charge is 0.280 e. The van der Waals surface area contributed by atoms with Crippen LogP contribution in [0.25, 0.3) is 5.69 Å². The van der Waals surface area contributed by atoms with Crippen molar-refractivity contribution in [3.63, 3.8) is 0 Å². The van der Waals surface area contributed by atoms with Gasteiger partial charge in [-0.3, -0.25) is 14.9 Å². The van der Waals surface area contributed by atoms with Crippen molar-refractivity contribution in [3.8, 4) is 5.69 Å². The lowest BCUT2D eigenvalue weighted by atomic mass is 10.1. The second-order valence-corrected chi connectivity index (χ2v) is 6.83. The van der Waals surface area contributed by atoms with E-state index in [4.69, 9.17) is 23.2 Å². The van der Waals surface area contributed by atoms with Crippen LogP contribution < -0.4 is 5.56 Å². The third kappa shape index (κ3) is 3.76. The summed E-state index contributed by atoms with van der Waals surface area (Å²) < 4.78 is 1.55. The van der Waals surface area contributed by atoms with Crippen LogP contribution >= 0.6 is 23.2 Å². The summed E-state index contributed by atoms with van der Waals surface area (Å²) in [6.07, 6.45) is 1.66. The second-order valence-electron chi connectivity index (χ2n) is 5.98. The lowest BCUT2D eigenvalue weighted by molar-refractivity contribution is 0.793. The van der Waals surface area contributed by atoms with Crippen molar-refractivity contribution in [3.05, 3.63) is 80.2 Å². The Hall–Kier alpha value is -2.30. The van der Waals surface area contributed by atoms with E-state index < -0.39 is 0 Å². The molecule has 0 radical (unpaired) electrons. The monoisotopic (exact) mass is 387 g/mol. The van der Waals surface area contributed by atoms with E-state index in [1.165, 1.54) is 0 Å². The van der Waals surface area contributed by atoms with Gasteiger partial charge in [-0.05, 0) is 43.7 Å². The van der Waals surface area contributed by atoms with Gasteiger partial charge < -0.3 is 0 Å². The third-order valence-electron chi connectivity index (χ3n) is 4.04. The number of aromatic nitrogens is 2. The Kier molecular flexibility index (Phi) is 5.64. The molecule has 0 bridgehead atoms. The summed E-state index contributed by atoms with van der Waals surface area (Å²) in [5, 5.41) is 4.26. The van der Waals surface area contributed by atoms with Crippen LogP contribution in [0.3, 0.4) is 0 Å². The molecule has 3 aromatic rings. The van der Waals surface area contributed by atoms with Crippen LogP contribution in [0.2, 0.25) is 10.0 Å². The van der Waals surface area contributed by atoms with Gasteiger partial charge in [0, 0.05) is 10.7 Å². The fourth-order valence-electron chi connectivity index (χ4n) is 2.85. The minimum Gasteiger partial charge on any atom is -0.294 e. The van der Waals surface area contributed by atoms with E-state index in [1.54, 1.807) is 22.9 Å². The molecule has 1 aromatic heterocycles. The molecule has 0 spiro atoms. The van der Waals surface area contributed by atoms with Crippen molar-refractivity contribution in [1.82, 2.24) is 9.78 Å². The fourth-order valence-corrected chi connectivity index (χ4v) is 3.18. The summed E-state index contributed by atoms with van der Waals surface area (Å²) in [7, 11) is 0. The van der Waals surface area contributed by atoms with Crippen molar-refractivity contribution in [1.29, 1.82) is 0 Å². The summed E-state index contributed by atoms with van der Waals surface area (Å²) in [5.74, 6) is 0. The maximum Gasteiger partial charge on any atom is 0.280 e. The van der Waals surface area contributed by atoms with E-state index in [0.717, 1.165) is 24.2 Å². The molecule has 4 nitrogen and oxygen atoms in total. The van der Waals surface area contributed by atoms with Gasteiger partial charge in [0.25, 0.3) is 5.56 Å². The molecule has 0 aliphatic rings. The first-order chi connectivity index (χ1) is 12.5. The molecule has 26 heavy (non-hydrogen) atoms. The quantitative estimate of drug-likeness (QED) is 0.571. The van der Waals surface area contributed by atoms with Crippen LogP contribution in [0.5, 0.6) is 0 Å². The van der Waals surface area contributed by atoms with Gasteiger partial charge in [0.05, 0.1) is 27.7 Å². The Balaban J connectivity index is 2.14. The lowest BCUT2D eigenvalue weighted by Gasteiger charge is -2.03. The largest absolute Gasteiger partial charge is 0.294 e. The van der Waals surface area contributed by atoms with E-state index in [1.807, 2.05) is 37.3 Å². The number of halogens is 2. The number of aromatic amines is 1. The van der Waals surface area contributed by atoms with Crippen LogP contribution in [0.1, 0.15) is 31.5 Å². The molecule has 134 valence electrons. The van der Waals surface area contributed by atoms with Crippen molar-refractivity contribution in [2.75, 3.05) is 0 Å². The Morgan fingerprint density at radius 1 is 1.15 bits per heavy atom. The average molecular weight is 388 g/mol. The molecule has 0 atom stereocenters. The topological polar surface area (TPSA) is 50.1 Å². The van der Waals surface area contributed by atoms with Crippen LogP contribution in [0, 0.1) is 0 Å². The number of aliphatic imine (C=N–C) groups is 1. The van der Waals surface area contributed by atoms with E-state index in [9.17, 15) is 4.79 Å². The maximum absolute atomic E-state index is 13.0. The van der Waals surface area contributed by atoms with Gasteiger partial charge in [-0.25, -0.2) is 4.68 Å². The third-order valence-corrected chi connectivity index (χ3v) is 4.59. The molecule has 0 aliphatic heterocycles. The predicted octanol–water partition coefficient (Wildman–Crippen LogP) is 5.57. The number of nitrogens with one attached hydrogen (secondary N) is 1. The van der Waals surface area contributed by atoms with Gasteiger partial charge in [-0.15, -0.1) is 0 Å². The summed E-state index contributed by atoms with van der Waals surface area (Å²) in [4.78, 5) is 17.6. The van der Waals surface area contributed by atoms with Gasteiger partial charge in [0.2, 0.25) is 0 Å². The summed E-state index contributed by atoms with van der Waals surface area (Å²) in [5.41, 5.74) is 3.25. The average Bonchev–Trinajstić information content (AvgIpc) is 2.95. The number of rotatable bonds is 5. The van der Waals surface area contributed by atoms with Crippen molar-refractivity contribution in [2.45, 2.75) is 26.7 Å². The number of benzene rings is 2. The normalized spacial score (nSPS) is 11.8. The molecule has 0 saturated carbocycles. The van der Waals surface area contributed by atoms with Gasteiger partial charge >= 0.3 is 0 Å². The first-order valence-corrected chi connectivity index (χ1v) is 9.17. The summed E-state index contributed by atoms with van der Waals surface area (Å²) >= 11 is 12.3. The highest BCUT2D eigenvalue weighted by Crippen LogP contribution is 2.28. The molecule has 0 amide bonds. The van der Waals surface area contributed by atoms with Crippen molar-refractivity contribution >= 4 is 34.6 Å². The van der Waals surface area contributed by atoms with E-state index >= 15 is 0 Å². The molecule has 0 aliphatic carbocycles. The first kappa shape index (κ1) is 18.5. The second kappa shape index (κ2) is 7.94. The maximum atomic E-state index is 13.0. The van der Waals surface area contributed by atoms with Crippen LogP contribution in [-0.2, 0) is 6.42 Å². The molecule has 0 unspecified atom stereocenters. The number of H-pyrrole nitrogens is 1. The number of hydrogen-bond donors (Lipinski definition) is 1. The highest BCUT2D eigenvalue weighted by atomic mass is 35.5. The van der Waals surface area contributed by atoms with E-state index in [2.05, 4.69) is 17.0 Å². The minimum absolute atomic E-state index is 0.126. The van der Waals surface area contributed by atoms with Gasteiger partial charge in [-0.2, -0.15) is 0 Å². The van der Waals surface area contributed by atoms with Gasteiger partial charge in [0.15, 0.2) is 0 Å². The molecule has 0 saturated heterocycles. The Morgan fingerprint density at radius 3 is 2.58 bits per heavy atom. The Labute approximate surface area is 162 Å². The zero-order valence-corrected chi connectivity index (χ0v) is 16.1. The zero-order valence-electron chi connectivity index (χ0n) is 14.6. The van der Waals surface area contributed by atoms with E-state index in [-0.39, 0.29) is 5.56 Å². The molecular formula is C20H19Cl2N3O. The molecule has 3 rings (SSSR count). The predicted molar refractivity (Wildman–Crippen MR) is 109 cm³/mol. The van der Waals surface area contributed by atoms with E-state index in [0.29, 0.717) is 27.0 Å². The number of nitrogens with zero attached hydrogens (tertiary/aromatic N) is 2. The van der Waals surface area contributed by atoms with Crippen molar-refractivity contribution in [2.24, 2.45) is 4.99 Å². The summed E-state index contributed by atoms with van der Waals surface area (Å²) in [6, 6.07) is 14.6. The molecule has 1 heterocycles. The molecule has 0 fully saturated rings. The number of hydrogen-bond acceptors (Lipinski definition) is 2. The SMILES string of the molecule is CCCc1[nH]n(-c2ccccc2)c(=O)c1C(C)=Nc1cc(Cl)ccc1Cl. The van der Waals surface area contributed by atoms with Crippen LogP contribution in [0.4, 0.5) is 5.69 Å². The Morgan fingerprint density at radius 2 is 1.88 bits per heavy atom. The molecular weight excluding hydrogens is 369 g/mol. The first-order valence-electron chi connectivity index (χ1n) is 8.41. The van der Waals surface area contributed by atoms with Crippen LogP contribution in [0.15, 0.2) is 58.3 Å². The fraction of sp³-hybridized carbons (Fsp3) is 0.200. The highest BCUT2D eigenvalue weighted by Gasteiger charge is 2.17. The summed E-state index contributed by atoms with van der Waals surface area (Å²) in [6.45, 7) is 3.89. The molecule has 1 N–H and O–H groups in total. The molecule has 2 aromatic carbocycles. The highest BCUT2D eigenvalue weighted by molar-refractivity contribution is 6.35. The zero-order chi connectivity index (χ0) is 18.7. The standard InChI is InChI=1S/C20H19Cl2N3O/c1-3-7-17-19(13(2)23-18-12-14(21)10-11-16(18)22)20(26)25(24-17)15-8-5-4-6-9-15/h4-6,8-12,24H,3,7H2,1-2H3.